The van der Waals surface area contributed by atoms with Crippen molar-refractivity contribution in [2.24, 2.45) is 0 Å². The Balaban J connectivity index is 0. The van der Waals surface area contributed by atoms with Crippen molar-refractivity contribution >= 4 is 5.57 Å². The first kappa shape index (κ1) is 16.4. The molecule has 1 aromatic carbocycles. The van der Waals surface area contributed by atoms with Gasteiger partial charge in [-0.15, -0.1) is 0 Å². The van der Waals surface area contributed by atoms with Gasteiger partial charge in [-0.05, 0) is 37.5 Å². The molecule has 0 aromatic heterocycles. The average molecular weight is 206 g/mol. The predicted molar refractivity (Wildman–Crippen MR) is 73.2 cm³/mol. The molecule has 15 heavy (non-hydrogen) atoms. The van der Waals surface area contributed by atoms with Gasteiger partial charge in [-0.25, -0.2) is 0 Å². The van der Waals surface area contributed by atoms with Crippen LogP contribution in [-0.2, 0) is 0 Å². The van der Waals surface area contributed by atoms with Gasteiger partial charge in [0.2, 0.25) is 0 Å². The Bertz CT molecular complexity index is 269. The molecule has 1 rings (SSSR count). The van der Waals surface area contributed by atoms with Gasteiger partial charge in [0.05, 0.1) is 0 Å². The standard InChI is InChI=1S/C11H14.2C2H6/c1-4-9(2)11-8-6-5-7-10(11)3;2*1-2/h4-8H,1-3H3;2*1-2H3/b9-4-;;. The Morgan fingerprint density at radius 3 is 1.87 bits per heavy atom. The summed E-state index contributed by atoms with van der Waals surface area (Å²) < 4.78 is 0. The summed E-state index contributed by atoms with van der Waals surface area (Å²) in [5.41, 5.74) is 4.06. The Morgan fingerprint density at radius 2 is 1.47 bits per heavy atom. The Morgan fingerprint density at radius 1 is 1.00 bits per heavy atom. The van der Waals surface area contributed by atoms with Crippen LogP contribution in [0, 0.1) is 6.92 Å². The minimum absolute atomic E-state index is 1.35. The Kier molecular flexibility index (Phi) is 12.1. The topological polar surface area (TPSA) is 0 Å². The second-order valence-electron chi connectivity index (χ2n) is 2.79. The lowest BCUT2D eigenvalue weighted by atomic mass is 10.0. The summed E-state index contributed by atoms with van der Waals surface area (Å²) in [4.78, 5) is 0. The fraction of sp³-hybridized carbons (Fsp3) is 0.467. The van der Waals surface area contributed by atoms with Crippen LogP contribution in [0.2, 0.25) is 0 Å². The maximum Gasteiger partial charge on any atom is -0.0201 e. The third-order valence-corrected chi connectivity index (χ3v) is 2.00. The van der Waals surface area contributed by atoms with Gasteiger partial charge < -0.3 is 0 Å². The van der Waals surface area contributed by atoms with Crippen LogP contribution in [0.5, 0.6) is 0 Å². The maximum absolute atomic E-state index is 2.16. The fourth-order valence-electron chi connectivity index (χ4n) is 1.17. The molecule has 0 aliphatic heterocycles. The second-order valence-corrected chi connectivity index (χ2v) is 2.79. The summed E-state index contributed by atoms with van der Waals surface area (Å²) in [6.07, 6.45) is 2.14. The Hall–Kier alpha value is -1.04. The molecule has 0 aliphatic rings. The van der Waals surface area contributed by atoms with Gasteiger partial charge in [0, 0.05) is 0 Å². The molecule has 0 heteroatoms. The zero-order chi connectivity index (χ0) is 12.3. The van der Waals surface area contributed by atoms with Crippen molar-refractivity contribution in [1.82, 2.24) is 0 Å². The fourth-order valence-corrected chi connectivity index (χ4v) is 1.17. The van der Waals surface area contributed by atoms with Crippen LogP contribution in [0.3, 0.4) is 0 Å². The third-order valence-electron chi connectivity index (χ3n) is 2.00. The first-order valence-corrected chi connectivity index (χ1v) is 5.94. The molecule has 0 saturated heterocycles. The van der Waals surface area contributed by atoms with E-state index in [4.69, 9.17) is 0 Å². The van der Waals surface area contributed by atoms with E-state index in [-0.39, 0.29) is 0 Å². The van der Waals surface area contributed by atoms with Crippen molar-refractivity contribution in [3.63, 3.8) is 0 Å². The van der Waals surface area contributed by atoms with Gasteiger partial charge in [0.15, 0.2) is 0 Å². The first-order chi connectivity index (χ1) is 7.25. The molecule has 86 valence electrons. The molecule has 0 spiro atoms. The summed E-state index contributed by atoms with van der Waals surface area (Å²) >= 11 is 0. The maximum atomic E-state index is 2.16. The van der Waals surface area contributed by atoms with Crippen molar-refractivity contribution in [3.05, 3.63) is 41.5 Å². The smallest absolute Gasteiger partial charge is 0.0201 e. The highest BCUT2D eigenvalue weighted by Gasteiger charge is 1.95. The van der Waals surface area contributed by atoms with Gasteiger partial charge in [-0.1, -0.05) is 58.0 Å². The predicted octanol–water partition coefficient (Wildman–Crippen LogP) is 5.47. The molecule has 0 nitrogen and oxygen atoms in total. The molecular formula is C15H26. The van der Waals surface area contributed by atoms with Crippen LogP contribution in [-0.4, -0.2) is 0 Å². The van der Waals surface area contributed by atoms with Crippen LogP contribution >= 0.6 is 0 Å². The van der Waals surface area contributed by atoms with Gasteiger partial charge in [0.1, 0.15) is 0 Å². The van der Waals surface area contributed by atoms with E-state index in [0.29, 0.717) is 0 Å². The number of hydrogen-bond acceptors (Lipinski definition) is 0. The molecule has 0 unspecified atom stereocenters. The van der Waals surface area contributed by atoms with E-state index in [1.807, 2.05) is 27.7 Å². The van der Waals surface area contributed by atoms with Crippen molar-refractivity contribution < 1.29 is 0 Å². The highest BCUT2D eigenvalue weighted by Crippen LogP contribution is 2.16. The highest BCUT2D eigenvalue weighted by atomic mass is 14.0. The van der Waals surface area contributed by atoms with Crippen LogP contribution in [0.15, 0.2) is 30.3 Å². The van der Waals surface area contributed by atoms with Crippen LogP contribution < -0.4 is 0 Å². The number of allylic oxidation sites excluding steroid dienone is 2. The summed E-state index contributed by atoms with van der Waals surface area (Å²) in [5.74, 6) is 0. The normalized spacial score (nSPS) is 9.40. The second kappa shape index (κ2) is 11.0. The average Bonchev–Trinajstić information content (AvgIpc) is 2.34. The largest absolute Gasteiger partial charge is 0.0841 e. The van der Waals surface area contributed by atoms with Crippen LogP contribution in [0.4, 0.5) is 0 Å². The zero-order valence-corrected chi connectivity index (χ0v) is 11.4. The summed E-state index contributed by atoms with van der Waals surface area (Å²) in [6, 6.07) is 8.45. The Labute approximate surface area is 96.0 Å². The van der Waals surface area contributed by atoms with Gasteiger partial charge >= 0.3 is 0 Å². The molecule has 0 saturated carbocycles. The number of rotatable bonds is 1. The number of hydrogen-bond donors (Lipinski definition) is 0. The lowest BCUT2D eigenvalue weighted by molar-refractivity contribution is 1.40. The molecular weight excluding hydrogens is 180 g/mol. The quantitative estimate of drug-likeness (QED) is 0.571. The van der Waals surface area contributed by atoms with Crippen molar-refractivity contribution in [2.75, 3.05) is 0 Å². The van der Waals surface area contributed by atoms with Crippen LogP contribution in [0.1, 0.15) is 52.7 Å². The first-order valence-electron chi connectivity index (χ1n) is 5.94. The SMILES string of the molecule is C/C=C(/C)c1ccccc1C.CC.CC. The molecule has 0 heterocycles. The van der Waals surface area contributed by atoms with Gasteiger partial charge in [0.25, 0.3) is 0 Å². The number of aryl methyl sites for hydroxylation is 1. The van der Waals surface area contributed by atoms with E-state index in [0.717, 1.165) is 0 Å². The molecule has 0 N–H and O–H groups in total. The van der Waals surface area contributed by atoms with Gasteiger partial charge in [-0.3, -0.25) is 0 Å². The molecule has 0 amide bonds. The molecule has 1 aromatic rings. The minimum Gasteiger partial charge on any atom is -0.0841 e. The van der Waals surface area contributed by atoms with E-state index in [9.17, 15) is 0 Å². The van der Waals surface area contributed by atoms with E-state index < -0.39 is 0 Å². The molecule has 0 radical (unpaired) electrons. The van der Waals surface area contributed by atoms with E-state index in [1.165, 1.54) is 16.7 Å². The zero-order valence-electron chi connectivity index (χ0n) is 11.4. The third kappa shape index (κ3) is 6.11. The molecule has 0 atom stereocenters. The van der Waals surface area contributed by atoms with E-state index in [1.54, 1.807) is 0 Å². The van der Waals surface area contributed by atoms with Crippen molar-refractivity contribution in [3.8, 4) is 0 Å². The van der Waals surface area contributed by atoms with Crippen molar-refractivity contribution in [2.45, 2.75) is 48.5 Å². The molecule has 0 bridgehead atoms. The van der Waals surface area contributed by atoms with E-state index >= 15 is 0 Å². The molecule has 0 fully saturated rings. The van der Waals surface area contributed by atoms with E-state index in [2.05, 4.69) is 51.1 Å². The summed E-state index contributed by atoms with van der Waals surface area (Å²) in [6.45, 7) is 14.4. The summed E-state index contributed by atoms with van der Waals surface area (Å²) in [7, 11) is 0. The minimum atomic E-state index is 1.35. The van der Waals surface area contributed by atoms with Crippen LogP contribution in [0.25, 0.3) is 5.57 Å². The summed E-state index contributed by atoms with van der Waals surface area (Å²) in [5, 5.41) is 0. The highest BCUT2D eigenvalue weighted by molar-refractivity contribution is 5.65. The van der Waals surface area contributed by atoms with Gasteiger partial charge in [-0.2, -0.15) is 0 Å². The number of benzene rings is 1. The molecule has 0 aliphatic carbocycles. The van der Waals surface area contributed by atoms with Crippen molar-refractivity contribution in [1.29, 1.82) is 0 Å². The lowest BCUT2D eigenvalue weighted by Crippen LogP contribution is -1.83. The lowest BCUT2D eigenvalue weighted by Gasteiger charge is -2.03. The monoisotopic (exact) mass is 206 g/mol.